The summed E-state index contributed by atoms with van der Waals surface area (Å²) in [6.07, 6.45) is 4.47. The monoisotopic (exact) mass is 284 g/mol. The molecular weight excluding hydrogens is 271 g/mol. The molecule has 2 rings (SSSR count). The third-order valence-corrected chi connectivity index (χ3v) is 3.37. The fraction of sp³-hybridized carbons (Fsp3) is 0. The molecule has 0 radical (unpaired) electrons. The molecule has 2 aromatic carbocycles. The molecule has 0 atom stereocenters. The maximum Gasteiger partial charge on any atom is 0.252 e. The minimum Gasteiger partial charge on any atom is -0.279 e. The lowest BCUT2D eigenvalue weighted by atomic mass is 10.2. The average molecular weight is 284 g/mol. The molecule has 0 heterocycles. The van der Waals surface area contributed by atoms with Gasteiger partial charge in [0, 0.05) is 4.90 Å². The van der Waals surface area contributed by atoms with E-state index in [-0.39, 0.29) is 0 Å². The first-order chi connectivity index (χ1) is 9.75. The summed E-state index contributed by atoms with van der Waals surface area (Å²) in [4.78, 5) is 12.4. The van der Waals surface area contributed by atoms with E-state index in [9.17, 15) is 9.18 Å². The number of carbonyl (C=O) groups is 1. The molecule has 0 bridgehead atoms. The van der Waals surface area contributed by atoms with Gasteiger partial charge in [0.1, 0.15) is 0 Å². The van der Waals surface area contributed by atoms with Crippen LogP contribution in [0.5, 0.6) is 0 Å². The van der Waals surface area contributed by atoms with Gasteiger partial charge in [-0.25, -0.2) is 4.39 Å². The predicted octanol–water partition coefficient (Wildman–Crippen LogP) is 4.87. The van der Waals surface area contributed by atoms with E-state index in [0.29, 0.717) is 0 Å². The van der Waals surface area contributed by atoms with Crippen LogP contribution >= 0.6 is 11.8 Å². The minimum absolute atomic E-state index is 0.589. The molecular formula is C17H13FOS. The number of rotatable bonds is 4. The lowest BCUT2D eigenvalue weighted by Gasteiger charge is -1.97. The van der Waals surface area contributed by atoms with E-state index in [1.165, 1.54) is 12.2 Å². The molecule has 0 spiro atoms. The Labute approximate surface area is 121 Å². The van der Waals surface area contributed by atoms with Gasteiger partial charge in [-0.3, -0.25) is 4.79 Å². The van der Waals surface area contributed by atoms with Gasteiger partial charge in [0.2, 0.25) is 0 Å². The second-order valence-corrected chi connectivity index (χ2v) is 5.03. The van der Waals surface area contributed by atoms with E-state index in [1.807, 2.05) is 48.5 Å². The summed E-state index contributed by atoms with van der Waals surface area (Å²) in [5.41, 5.74) is 0.958. The summed E-state index contributed by atoms with van der Waals surface area (Å²) < 4.78 is 13.6. The van der Waals surface area contributed by atoms with Gasteiger partial charge in [0.05, 0.1) is 0 Å². The van der Waals surface area contributed by atoms with Crippen molar-refractivity contribution >= 4 is 23.0 Å². The van der Waals surface area contributed by atoms with Crippen LogP contribution in [0.4, 0.5) is 4.39 Å². The Hall–Kier alpha value is -2.13. The zero-order chi connectivity index (χ0) is 14.2. The van der Waals surface area contributed by atoms with Gasteiger partial charge in [-0.05, 0) is 35.5 Å². The molecule has 100 valence electrons. The summed E-state index contributed by atoms with van der Waals surface area (Å²) in [7, 11) is 0. The Bertz CT molecular complexity index is 618. The fourth-order valence-electron chi connectivity index (χ4n) is 1.52. The highest BCUT2D eigenvalue weighted by Crippen LogP contribution is 2.22. The van der Waals surface area contributed by atoms with Crippen molar-refractivity contribution in [3.63, 3.8) is 0 Å². The lowest BCUT2D eigenvalue weighted by molar-refractivity contribution is -0.109. The van der Waals surface area contributed by atoms with Crippen LogP contribution in [0, 0.1) is 0 Å². The van der Waals surface area contributed by atoms with Gasteiger partial charge < -0.3 is 0 Å². The standard InChI is InChI=1S/C17H13FOS/c18-16(13-7-10-14-8-3-1-4-9-14)17(19)20-15-11-5-2-6-12-15/h1-13H/b10-7+,16-13+. The van der Waals surface area contributed by atoms with Crippen molar-refractivity contribution in [1.29, 1.82) is 0 Å². The highest BCUT2D eigenvalue weighted by Gasteiger charge is 2.09. The normalized spacial score (nSPS) is 11.8. The first-order valence-corrected chi connectivity index (χ1v) is 6.93. The van der Waals surface area contributed by atoms with Crippen molar-refractivity contribution in [1.82, 2.24) is 0 Å². The van der Waals surface area contributed by atoms with E-state index < -0.39 is 10.9 Å². The predicted molar refractivity (Wildman–Crippen MR) is 82.0 cm³/mol. The highest BCUT2D eigenvalue weighted by atomic mass is 32.2. The Balaban J connectivity index is 1.96. The van der Waals surface area contributed by atoms with Crippen LogP contribution in [-0.4, -0.2) is 5.12 Å². The van der Waals surface area contributed by atoms with E-state index >= 15 is 0 Å². The average Bonchev–Trinajstić information content (AvgIpc) is 2.49. The molecule has 1 nitrogen and oxygen atoms in total. The summed E-state index contributed by atoms with van der Waals surface area (Å²) in [6.45, 7) is 0. The molecule has 0 unspecified atom stereocenters. The Kier molecular flexibility index (Phi) is 5.33. The maximum absolute atomic E-state index is 13.6. The lowest BCUT2D eigenvalue weighted by Crippen LogP contribution is -1.91. The van der Waals surface area contributed by atoms with Crippen molar-refractivity contribution in [2.75, 3.05) is 0 Å². The molecule has 0 aliphatic rings. The van der Waals surface area contributed by atoms with Gasteiger partial charge in [0.15, 0.2) is 5.83 Å². The molecule has 0 amide bonds. The number of allylic oxidation sites excluding steroid dienone is 2. The molecule has 0 N–H and O–H groups in total. The van der Waals surface area contributed by atoms with E-state index in [0.717, 1.165) is 22.2 Å². The second kappa shape index (κ2) is 7.46. The first-order valence-electron chi connectivity index (χ1n) is 6.12. The minimum atomic E-state index is -0.758. The number of thioether (sulfide) groups is 1. The second-order valence-electron chi connectivity index (χ2n) is 3.99. The molecule has 3 heteroatoms. The zero-order valence-corrected chi connectivity index (χ0v) is 11.5. The van der Waals surface area contributed by atoms with E-state index in [4.69, 9.17) is 0 Å². The van der Waals surface area contributed by atoms with Crippen LogP contribution in [0.2, 0.25) is 0 Å². The fourth-order valence-corrected chi connectivity index (χ4v) is 2.19. The van der Waals surface area contributed by atoms with Gasteiger partial charge in [-0.15, -0.1) is 0 Å². The van der Waals surface area contributed by atoms with Crippen LogP contribution in [0.3, 0.4) is 0 Å². The SMILES string of the molecule is O=C(Sc1ccccc1)/C(F)=C\C=C\c1ccccc1. The zero-order valence-electron chi connectivity index (χ0n) is 10.7. The first kappa shape index (κ1) is 14.3. The van der Waals surface area contributed by atoms with Crippen LogP contribution in [0.15, 0.2) is 83.5 Å². The maximum atomic E-state index is 13.6. The quantitative estimate of drug-likeness (QED) is 0.452. The van der Waals surface area contributed by atoms with Crippen molar-refractivity contribution in [3.05, 3.63) is 84.2 Å². The molecule has 0 fully saturated rings. The summed E-state index contributed by atoms with van der Waals surface area (Å²) in [5, 5.41) is -0.589. The largest absolute Gasteiger partial charge is 0.279 e. The number of hydrogen-bond acceptors (Lipinski definition) is 2. The van der Waals surface area contributed by atoms with E-state index in [2.05, 4.69) is 0 Å². The number of carbonyl (C=O) groups excluding carboxylic acids is 1. The van der Waals surface area contributed by atoms with Crippen molar-refractivity contribution in [3.8, 4) is 0 Å². The Morgan fingerprint density at radius 3 is 2.20 bits per heavy atom. The Morgan fingerprint density at radius 1 is 0.950 bits per heavy atom. The van der Waals surface area contributed by atoms with Crippen molar-refractivity contribution < 1.29 is 9.18 Å². The van der Waals surface area contributed by atoms with Crippen molar-refractivity contribution in [2.24, 2.45) is 0 Å². The van der Waals surface area contributed by atoms with Crippen LogP contribution in [0.25, 0.3) is 6.08 Å². The third-order valence-electron chi connectivity index (χ3n) is 2.48. The molecule has 0 aliphatic carbocycles. The molecule has 0 saturated carbocycles. The summed E-state index contributed by atoms with van der Waals surface area (Å²) in [5.74, 6) is -0.758. The van der Waals surface area contributed by atoms with Crippen LogP contribution < -0.4 is 0 Å². The summed E-state index contributed by atoms with van der Waals surface area (Å²) >= 11 is 0.882. The van der Waals surface area contributed by atoms with Gasteiger partial charge in [0.25, 0.3) is 5.12 Å². The van der Waals surface area contributed by atoms with Crippen LogP contribution in [0.1, 0.15) is 5.56 Å². The molecule has 0 aromatic heterocycles. The Morgan fingerprint density at radius 2 is 1.55 bits per heavy atom. The molecule has 0 aliphatic heterocycles. The number of halogens is 1. The molecule has 20 heavy (non-hydrogen) atoms. The van der Waals surface area contributed by atoms with Crippen LogP contribution in [-0.2, 0) is 4.79 Å². The topological polar surface area (TPSA) is 17.1 Å². The van der Waals surface area contributed by atoms with Crippen molar-refractivity contribution in [2.45, 2.75) is 4.90 Å². The van der Waals surface area contributed by atoms with Gasteiger partial charge >= 0.3 is 0 Å². The summed E-state index contributed by atoms with van der Waals surface area (Å²) in [6, 6.07) is 18.5. The highest BCUT2D eigenvalue weighted by molar-refractivity contribution is 8.14. The third kappa shape index (κ3) is 4.52. The van der Waals surface area contributed by atoms with Gasteiger partial charge in [-0.2, -0.15) is 0 Å². The van der Waals surface area contributed by atoms with E-state index in [1.54, 1.807) is 18.2 Å². The molecule has 0 saturated heterocycles. The number of hydrogen-bond donors (Lipinski definition) is 0. The number of benzene rings is 2. The van der Waals surface area contributed by atoms with Gasteiger partial charge in [-0.1, -0.05) is 60.7 Å². The molecule has 2 aromatic rings. The smallest absolute Gasteiger partial charge is 0.252 e.